The van der Waals surface area contributed by atoms with E-state index in [4.69, 9.17) is 21.4 Å². The highest BCUT2D eigenvalue weighted by Crippen LogP contribution is 2.31. The molecule has 0 fully saturated rings. The van der Waals surface area contributed by atoms with E-state index < -0.39 is 0 Å². The van der Waals surface area contributed by atoms with Crippen LogP contribution < -0.4 is 10.1 Å². The molecule has 0 bridgehead atoms. The van der Waals surface area contributed by atoms with E-state index in [0.717, 1.165) is 5.69 Å². The zero-order valence-corrected chi connectivity index (χ0v) is 8.14. The van der Waals surface area contributed by atoms with Gasteiger partial charge in [0, 0.05) is 6.54 Å². The van der Waals surface area contributed by atoms with Crippen molar-refractivity contribution in [1.82, 2.24) is 0 Å². The maximum Gasteiger partial charge on any atom is 0.160 e. The Morgan fingerprint density at radius 3 is 2.92 bits per heavy atom. The molecule has 0 unspecified atom stereocenters. The molecule has 0 spiro atoms. The van der Waals surface area contributed by atoms with E-state index in [1.165, 1.54) is 0 Å². The first kappa shape index (κ1) is 10.2. The first-order valence-corrected chi connectivity index (χ1v) is 4.34. The maximum absolute atomic E-state index is 8.62. The lowest BCUT2D eigenvalue weighted by molar-refractivity contribution is 0.311. The minimum Gasteiger partial charge on any atom is -0.493 e. The highest BCUT2D eigenvalue weighted by Gasteiger charge is 2.05. The van der Waals surface area contributed by atoms with Crippen LogP contribution in [-0.2, 0) is 0 Å². The van der Waals surface area contributed by atoms with Crippen LogP contribution in [0.1, 0.15) is 0 Å². The Balaban J connectivity index is 2.85. The van der Waals surface area contributed by atoms with Gasteiger partial charge in [0.15, 0.2) is 5.75 Å². The third-order valence-electron chi connectivity index (χ3n) is 1.60. The second-order valence-electron chi connectivity index (χ2n) is 2.47. The van der Waals surface area contributed by atoms with E-state index in [-0.39, 0.29) is 6.61 Å². The molecule has 2 N–H and O–H groups in total. The minimum atomic E-state index is 0.0790. The van der Waals surface area contributed by atoms with E-state index in [2.05, 4.69) is 5.32 Å². The van der Waals surface area contributed by atoms with Gasteiger partial charge in [0.25, 0.3) is 0 Å². The Hall–Kier alpha value is -0.930. The number of anilines is 1. The summed E-state index contributed by atoms with van der Waals surface area (Å²) >= 11 is 5.88. The Bertz CT molecular complexity index is 278. The smallest absolute Gasteiger partial charge is 0.160 e. The van der Waals surface area contributed by atoms with Crippen molar-refractivity contribution in [2.45, 2.75) is 0 Å². The summed E-state index contributed by atoms with van der Waals surface area (Å²) in [5, 5.41) is 12.2. The summed E-state index contributed by atoms with van der Waals surface area (Å²) in [6.45, 7) is 0.562. The molecular formula is C9H12ClNO2. The fourth-order valence-corrected chi connectivity index (χ4v) is 1.30. The van der Waals surface area contributed by atoms with Gasteiger partial charge in [-0.15, -0.1) is 0 Å². The Kier molecular flexibility index (Phi) is 3.86. The Morgan fingerprint density at radius 2 is 2.31 bits per heavy atom. The topological polar surface area (TPSA) is 41.5 Å². The predicted molar refractivity (Wildman–Crippen MR) is 53.6 cm³/mol. The van der Waals surface area contributed by atoms with E-state index >= 15 is 0 Å². The standard InChI is InChI=1S/C9H12ClNO2/c1-13-9-7(10)3-2-4-8(9)11-5-6-12/h2-4,11-12H,5-6H2,1H3. The van der Waals surface area contributed by atoms with Gasteiger partial charge in [0.1, 0.15) is 0 Å². The van der Waals surface area contributed by atoms with Gasteiger partial charge in [-0.1, -0.05) is 17.7 Å². The molecule has 0 aliphatic carbocycles. The SMILES string of the molecule is COc1c(Cl)cccc1NCCO. The zero-order valence-electron chi connectivity index (χ0n) is 7.38. The summed E-state index contributed by atoms with van der Waals surface area (Å²) < 4.78 is 5.10. The van der Waals surface area contributed by atoms with Crippen LogP contribution in [0.25, 0.3) is 0 Å². The van der Waals surface area contributed by atoms with Crippen molar-refractivity contribution >= 4 is 17.3 Å². The van der Waals surface area contributed by atoms with Crippen LogP contribution in [0.4, 0.5) is 5.69 Å². The molecule has 3 nitrogen and oxygen atoms in total. The number of aliphatic hydroxyl groups excluding tert-OH is 1. The van der Waals surface area contributed by atoms with Gasteiger partial charge in [-0.2, -0.15) is 0 Å². The van der Waals surface area contributed by atoms with Crippen LogP contribution >= 0.6 is 11.6 Å². The molecule has 1 aromatic rings. The molecule has 0 aromatic heterocycles. The number of halogens is 1. The summed E-state index contributed by atoms with van der Waals surface area (Å²) in [7, 11) is 1.56. The maximum atomic E-state index is 8.62. The summed E-state index contributed by atoms with van der Waals surface area (Å²) in [5.41, 5.74) is 0.795. The van der Waals surface area contributed by atoms with Crippen molar-refractivity contribution in [2.75, 3.05) is 25.6 Å². The van der Waals surface area contributed by atoms with Crippen LogP contribution in [0.15, 0.2) is 18.2 Å². The first-order valence-electron chi connectivity index (χ1n) is 3.97. The van der Waals surface area contributed by atoms with Gasteiger partial charge < -0.3 is 15.2 Å². The summed E-state index contributed by atoms with van der Waals surface area (Å²) in [5.74, 6) is 0.609. The fraction of sp³-hybridized carbons (Fsp3) is 0.333. The number of rotatable bonds is 4. The number of aliphatic hydroxyl groups is 1. The van der Waals surface area contributed by atoms with E-state index in [9.17, 15) is 0 Å². The molecule has 0 heterocycles. The average molecular weight is 202 g/mol. The highest BCUT2D eigenvalue weighted by atomic mass is 35.5. The fourth-order valence-electron chi connectivity index (χ4n) is 1.05. The number of ether oxygens (including phenoxy) is 1. The van der Waals surface area contributed by atoms with Gasteiger partial charge in [-0.25, -0.2) is 0 Å². The van der Waals surface area contributed by atoms with Crippen molar-refractivity contribution in [1.29, 1.82) is 0 Å². The zero-order chi connectivity index (χ0) is 9.68. The summed E-state index contributed by atoms with van der Waals surface area (Å²) in [6.07, 6.45) is 0. The number of benzene rings is 1. The molecule has 0 amide bonds. The molecule has 0 aliphatic rings. The van der Waals surface area contributed by atoms with Crippen molar-refractivity contribution in [3.63, 3.8) is 0 Å². The van der Waals surface area contributed by atoms with Crippen LogP contribution in [0.3, 0.4) is 0 Å². The quantitative estimate of drug-likeness (QED) is 0.780. The lowest BCUT2D eigenvalue weighted by Crippen LogP contribution is -2.06. The largest absolute Gasteiger partial charge is 0.493 e. The van der Waals surface area contributed by atoms with Crippen molar-refractivity contribution in [2.24, 2.45) is 0 Å². The second kappa shape index (κ2) is 4.94. The third-order valence-corrected chi connectivity index (χ3v) is 1.90. The van der Waals surface area contributed by atoms with Crippen LogP contribution in [0.2, 0.25) is 5.02 Å². The monoisotopic (exact) mass is 201 g/mol. The lowest BCUT2D eigenvalue weighted by atomic mass is 10.3. The molecule has 1 rings (SSSR count). The third kappa shape index (κ3) is 2.50. The molecular weight excluding hydrogens is 190 g/mol. The van der Waals surface area contributed by atoms with Crippen molar-refractivity contribution in [3.05, 3.63) is 23.2 Å². The van der Waals surface area contributed by atoms with Crippen LogP contribution in [0.5, 0.6) is 5.75 Å². The molecule has 0 radical (unpaired) electrons. The number of para-hydroxylation sites is 1. The van der Waals surface area contributed by atoms with Crippen LogP contribution in [0, 0.1) is 0 Å². The lowest BCUT2D eigenvalue weighted by Gasteiger charge is -2.10. The normalized spacial score (nSPS) is 9.77. The summed E-state index contributed by atoms with van der Waals surface area (Å²) in [4.78, 5) is 0. The van der Waals surface area contributed by atoms with Crippen molar-refractivity contribution < 1.29 is 9.84 Å². The number of nitrogens with one attached hydrogen (secondary N) is 1. The van der Waals surface area contributed by atoms with Gasteiger partial charge in [-0.3, -0.25) is 0 Å². The number of hydrogen-bond acceptors (Lipinski definition) is 3. The Labute approximate surface area is 82.3 Å². The predicted octanol–water partition coefficient (Wildman–Crippen LogP) is 1.75. The van der Waals surface area contributed by atoms with Gasteiger partial charge in [-0.05, 0) is 12.1 Å². The molecule has 13 heavy (non-hydrogen) atoms. The van der Waals surface area contributed by atoms with Crippen molar-refractivity contribution in [3.8, 4) is 5.75 Å². The number of methoxy groups -OCH3 is 1. The highest BCUT2D eigenvalue weighted by molar-refractivity contribution is 6.32. The van der Waals surface area contributed by atoms with Gasteiger partial charge >= 0.3 is 0 Å². The average Bonchev–Trinajstić information content (AvgIpc) is 2.15. The van der Waals surface area contributed by atoms with Gasteiger partial charge in [0.2, 0.25) is 0 Å². The van der Waals surface area contributed by atoms with E-state index in [1.807, 2.05) is 12.1 Å². The molecule has 0 aliphatic heterocycles. The summed E-state index contributed by atoms with van der Waals surface area (Å²) in [6, 6.07) is 5.43. The van der Waals surface area contributed by atoms with Crippen LogP contribution in [-0.4, -0.2) is 25.4 Å². The molecule has 0 saturated heterocycles. The molecule has 1 aromatic carbocycles. The van der Waals surface area contributed by atoms with Gasteiger partial charge in [0.05, 0.1) is 24.4 Å². The molecule has 72 valence electrons. The molecule has 4 heteroatoms. The van der Waals surface area contributed by atoms with E-state index in [0.29, 0.717) is 17.3 Å². The second-order valence-corrected chi connectivity index (χ2v) is 2.88. The minimum absolute atomic E-state index is 0.0790. The Morgan fingerprint density at radius 1 is 1.54 bits per heavy atom. The molecule has 0 atom stereocenters. The molecule has 0 saturated carbocycles. The first-order chi connectivity index (χ1) is 6.29. The van der Waals surface area contributed by atoms with E-state index in [1.54, 1.807) is 13.2 Å². The number of hydrogen-bond donors (Lipinski definition) is 2.